The number of rotatable bonds is 5. The number of anilines is 1. The molecule has 1 saturated carbocycles. The van der Waals surface area contributed by atoms with Crippen LogP contribution in [0, 0.1) is 0 Å². The highest BCUT2D eigenvalue weighted by Crippen LogP contribution is 2.49. The summed E-state index contributed by atoms with van der Waals surface area (Å²) in [5, 5.41) is 6.88. The van der Waals surface area contributed by atoms with Crippen molar-refractivity contribution in [3.8, 4) is 0 Å². The van der Waals surface area contributed by atoms with E-state index in [1.165, 1.54) is 10.7 Å². The van der Waals surface area contributed by atoms with Crippen molar-refractivity contribution in [2.75, 3.05) is 31.6 Å². The molecule has 1 aromatic heterocycles. The van der Waals surface area contributed by atoms with Crippen molar-refractivity contribution in [1.29, 1.82) is 0 Å². The van der Waals surface area contributed by atoms with Crippen LogP contribution in [0.5, 0.6) is 0 Å². The molecule has 0 atom stereocenters. The minimum absolute atomic E-state index is 0.0364. The quantitative estimate of drug-likeness (QED) is 0.803. The predicted molar refractivity (Wildman–Crippen MR) is 101 cm³/mol. The number of amides is 2. The van der Waals surface area contributed by atoms with Crippen LogP contribution in [-0.4, -0.2) is 52.8 Å². The van der Waals surface area contributed by atoms with Crippen LogP contribution in [-0.2, 0) is 32.5 Å². The van der Waals surface area contributed by atoms with Gasteiger partial charge in [-0.3, -0.25) is 14.3 Å². The third-order valence-corrected chi connectivity index (χ3v) is 5.47. The first-order valence-electron chi connectivity index (χ1n) is 9.66. The number of morpholine rings is 1. The molecule has 0 radical (unpaired) electrons. The first-order valence-corrected chi connectivity index (χ1v) is 9.66. The molecule has 7 nitrogen and oxygen atoms in total. The van der Waals surface area contributed by atoms with Crippen LogP contribution in [0.25, 0.3) is 0 Å². The molecule has 2 aromatic rings. The lowest BCUT2D eigenvalue weighted by Crippen LogP contribution is -2.42. The van der Waals surface area contributed by atoms with Crippen LogP contribution in [0.1, 0.15) is 24.0 Å². The van der Waals surface area contributed by atoms with E-state index in [0.717, 1.165) is 12.1 Å². The van der Waals surface area contributed by atoms with E-state index in [1.54, 1.807) is 23.2 Å². The van der Waals surface area contributed by atoms with Gasteiger partial charge in [0.15, 0.2) is 5.82 Å². The number of ether oxygens (including phenoxy) is 1. The SMILES string of the molecule is O=C(Cn1ccc(NC(=O)C2(c3cccc(C(F)(F)F)c3)CC2)n1)N1CCOCC1. The molecular formula is C20H21F3N4O3. The molecule has 0 unspecified atom stereocenters. The van der Waals surface area contributed by atoms with Gasteiger partial charge in [0.25, 0.3) is 0 Å². The van der Waals surface area contributed by atoms with Gasteiger partial charge in [0, 0.05) is 25.4 Å². The average Bonchev–Trinajstić information content (AvgIpc) is 3.44. The Kier molecular flexibility index (Phi) is 5.27. The summed E-state index contributed by atoms with van der Waals surface area (Å²) in [4.78, 5) is 26.8. The van der Waals surface area contributed by atoms with Gasteiger partial charge in [-0.05, 0) is 24.5 Å². The molecule has 0 spiro atoms. The van der Waals surface area contributed by atoms with Gasteiger partial charge in [0.2, 0.25) is 11.8 Å². The first kappa shape index (κ1) is 20.4. The van der Waals surface area contributed by atoms with Crippen LogP contribution >= 0.6 is 0 Å². The normalized spacial score (nSPS) is 18.2. The number of benzene rings is 1. The van der Waals surface area contributed by atoms with Crippen molar-refractivity contribution in [3.05, 3.63) is 47.7 Å². The van der Waals surface area contributed by atoms with E-state index < -0.39 is 23.1 Å². The fourth-order valence-corrected chi connectivity index (χ4v) is 3.57. The number of alkyl halides is 3. The number of carbonyl (C=O) groups excluding carboxylic acids is 2. The van der Waals surface area contributed by atoms with Crippen molar-refractivity contribution in [2.24, 2.45) is 0 Å². The standard InChI is InChI=1S/C20H21F3N4O3/c21-20(22,23)15-3-1-2-14(12-15)19(5-6-19)18(29)24-16-4-7-27(25-16)13-17(28)26-8-10-30-11-9-26/h1-4,7,12H,5-6,8-11,13H2,(H,24,25,29). The van der Waals surface area contributed by atoms with E-state index in [1.807, 2.05) is 0 Å². The third-order valence-electron chi connectivity index (χ3n) is 5.47. The summed E-state index contributed by atoms with van der Waals surface area (Å²) in [6.07, 6.45) is -1.95. The Morgan fingerprint density at radius 2 is 1.90 bits per heavy atom. The van der Waals surface area contributed by atoms with Crippen LogP contribution in [0.15, 0.2) is 36.5 Å². The van der Waals surface area contributed by atoms with Gasteiger partial charge in [-0.25, -0.2) is 0 Å². The Balaban J connectivity index is 1.41. The van der Waals surface area contributed by atoms with Gasteiger partial charge in [0.1, 0.15) is 6.54 Å². The summed E-state index contributed by atoms with van der Waals surface area (Å²) in [6.45, 7) is 2.11. The van der Waals surface area contributed by atoms with E-state index in [4.69, 9.17) is 4.74 Å². The van der Waals surface area contributed by atoms with E-state index in [9.17, 15) is 22.8 Å². The molecule has 160 valence electrons. The van der Waals surface area contributed by atoms with Crippen molar-refractivity contribution >= 4 is 17.6 Å². The monoisotopic (exact) mass is 422 g/mol. The topological polar surface area (TPSA) is 76.5 Å². The lowest BCUT2D eigenvalue weighted by molar-refractivity contribution is -0.138. The number of nitrogens with zero attached hydrogens (tertiary/aromatic N) is 3. The summed E-state index contributed by atoms with van der Waals surface area (Å²) in [6, 6.07) is 6.45. The molecule has 4 rings (SSSR count). The Hall–Kier alpha value is -2.88. The second-order valence-corrected chi connectivity index (χ2v) is 7.51. The zero-order valence-corrected chi connectivity index (χ0v) is 16.1. The average molecular weight is 422 g/mol. The maximum absolute atomic E-state index is 13.0. The van der Waals surface area contributed by atoms with Gasteiger partial charge >= 0.3 is 6.18 Å². The number of aromatic nitrogens is 2. The maximum atomic E-state index is 13.0. The molecule has 2 heterocycles. The number of hydrogen-bond acceptors (Lipinski definition) is 4. The minimum atomic E-state index is -4.46. The Morgan fingerprint density at radius 3 is 2.57 bits per heavy atom. The van der Waals surface area contributed by atoms with Crippen molar-refractivity contribution in [3.63, 3.8) is 0 Å². The predicted octanol–water partition coefficient (Wildman–Crippen LogP) is 2.43. The highest BCUT2D eigenvalue weighted by molar-refractivity contribution is 6.00. The molecule has 1 saturated heterocycles. The molecule has 2 aliphatic rings. The van der Waals surface area contributed by atoms with Crippen LogP contribution in [0.2, 0.25) is 0 Å². The van der Waals surface area contributed by atoms with Gasteiger partial charge in [-0.1, -0.05) is 18.2 Å². The summed E-state index contributed by atoms with van der Waals surface area (Å²) in [5.74, 6) is -0.235. The molecule has 2 amide bonds. The highest BCUT2D eigenvalue weighted by atomic mass is 19.4. The van der Waals surface area contributed by atoms with Gasteiger partial charge < -0.3 is 15.0 Å². The Bertz CT molecular complexity index is 947. The fourth-order valence-electron chi connectivity index (χ4n) is 3.57. The van der Waals surface area contributed by atoms with E-state index in [0.29, 0.717) is 44.7 Å². The van der Waals surface area contributed by atoms with Gasteiger partial charge in [0.05, 0.1) is 24.2 Å². The highest BCUT2D eigenvalue weighted by Gasteiger charge is 2.52. The molecule has 30 heavy (non-hydrogen) atoms. The second kappa shape index (κ2) is 7.75. The lowest BCUT2D eigenvalue weighted by atomic mass is 9.93. The maximum Gasteiger partial charge on any atom is 0.416 e. The van der Waals surface area contributed by atoms with E-state index >= 15 is 0 Å². The first-order chi connectivity index (χ1) is 14.3. The summed E-state index contributed by atoms with van der Waals surface area (Å²) < 4.78 is 45.7. The molecular weight excluding hydrogens is 401 g/mol. The van der Waals surface area contributed by atoms with Gasteiger partial charge in [-0.15, -0.1) is 0 Å². The van der Waals surface area contributed by atoms with Crippen molar-refractivity contribution in [1.82, 2.24) is 14.7 Å². The molecule has 0 bridgehead atoms. The summed E-state index contributed by atoms with van der Waals surface area (Å²) in [7, 11) is 0. The molecule has 1 aliphatic carbocycles. The molecule has 1 aromatic carbocycles. The van der Waals surface area contributed by atoms with Crippen LogP contribution in [0.3, 0.4) is 0 Å². The second-order valence-electron chi connectivity index (χ2n) is 7.51. The van der Waals surface area contributed by atoms with Gasteiger partial charge in [-0.2, -0.15) is 18.3 Å². The third kappa shape index (κ3) is 4.18. The van der Waals surface area contributed by atoms with Crippen LogP contribution < -0.4 is 5.32 Å². The lowest BCUT2D eigenvalue weighted by Gasteiger charge is -2.26. The summed E-state index contributed by atoms with van der Waals surface area (Å²) in [5.41, 5.74) is -1.41. The zero-order valence-electron chi connectivity index (χ0n) is 16.1. The molecule has 1 N–H and O–H groups in total. The molecule has 2 fully saturated rings. The van der Waals surface area contributed by atoms with E-state index in [2.05, 4.69) is 10.4 Å². The number of halogens is 3. The summed E-state index contributed by atoms with van der Waals surface area (Å²) >= 11 is 0. The number of nitrogens with one attached hydrogen (secondary N) is 1. The minimum Gasteiger partial charge on any atom is -0.378 e. The largest absolute Gasteiger partial charge is 0.416 e. The fraction of sp³-hybridized carbons (Fsp3) is 0.450. The number of hydrogen-bond donors (Lipinski definition) is 1. The van der Waals surface area contributed by atoms with Crippen molar-refractivity contribution < 1.29 is 27.5 Å². The molecule has 10 heteroatoms. The zero-order chi connectivity index (χ0) is 21.4. The Labute approximate surface area is 170 Å². The molecule has 1 aliphatic heterocycles. The smallest absolute Gasteiger partial charge is 0.378 e. The van der Waals surface area contributed by atoms with Crippen LogP contribution in [0.4, 0.5) is 19.0 Å². The van der Waals surface area contributed by atoms with E-state index in [-0.39, 0.29) is 18.3 Å². The number of carbonyl (C=O) groups is 2. The van der Waals surface area contributed by atoms with Crippen molar-refractivity contribution in [2.45, 2.75) is 31.0 Å². The Morgan fingerprint density at radius 1 is 1.17 bits per heavy atom.